The van der Waals surface area contributed by atoms with Crippen molar-refractivity contribution in [2.45, 2.75) is 58.0 Å². The van der Waals surface area contributed by atoms with Crippen LogP contribution in [0.2, 0.25) is 0 Å². The lowest BCUT2D eigenvalue weighted by molar-refractivity contribution is 0.210. The molecule has 0 radical (unpaired) electrons. The highest BCUT2D eigenvalue weighted by Gasteiger charge is 2.35. The van der Waals surface area contributed by atoms with Gasteiger partial charge in [0.25, 0.3) is 0 Å². The molecule has 2 saturated carbocycles. The molecule has 0 aromatic heterocycles. The monoisotopic (exact) mass is 257 g/mol. The van der Waals surface area contributed by atoms with E-state index in [1.807, 2.05) is 0 Å². The van der Waals surface area contributed by atoms with Crippen molar-refractivity contribution in [3.8, 4) is 0 Å². The van der Waals surface area contributed by atoms with Gasteiger partial charge in [-0.2, -0.15) is 0 Å². The molecule has 4 unspecified atom stereocenters. The molecule has 0 spiro atoms. The maximum absolute atomic E-state index is 3.99. The molecule has 1 N–H and O–H groups in total. The minimum atomic E-state index is 0.604. The summed E-state index contributed by atoms with van der Waals surface area (Å²) in [6.45, 7) is 4.84. The first-order valence-corrected chi connectivity index (χ1v) is 8.05. The fourth-order valence-electron chi connectivity index (χ4n) is 3.55. The Hall–Kier alpha value is -0.820. The molecule has 3 rings (SSSR count). The summed E-state index contributed by atoms with van der Waals surface area (Å²) >= 11 is 0. The Kier molecular flexibility index (Phi) is 3.93. The first kappa shape index (κ1) is 13.2. The summed E-state index contributed by atoms with van der Waals surface area (Å²) in [6.07, 6.45) is 6.93. The maximum Gasteiger partial charge on any atom is 0.0351 e. The van der Waals surface area contributed by atoms with Gasteiger partial charge in [0.1, 0.15) is 0 Å². The van der Waals surface area contributed by atoms with Crippen LogP contribution in [-0.4, -0.2) is 6.04 Å². The Balaban J connectivity index is 1.66. The predicted octanol–water partition coefficient (Wildman–Crippen LogP) is 4.55. The summed E-state index contributed by atoms with van der Waals surface area (Å²) in [5.41, 5.74) is 1.50. The predicted molar refractivity (Wildman–Crippen MR) is 81.0 cm³/mol. The summed E-state index contributed by atoms with van der Waals surface area (Å²) in [4.78, 5) is 0. The van der Waals surface area contributed by atoms with Crippen LogP contribution >= 0.6 is 0 Å². The Morgan fingerprint density at radius 3 is 2.32 bits per heavy atom. The Labute approximate surface area is 117 Å². The Morgan fingerprint density at radius 2 is 1.68 bits per heavy atom. The highest BCUT2D eigenvalue weighted by atomic mass is 15.0. The second kappa shape index (κ2) is 5.66. The molecule has 2 aliphatic carbocycles. The van der Waals surface area contributed by atoms with Crippen LogP contribution in [-0.2, 0) is 0 Å². The van der Waals surface area contributed by atoms with E-state index in [1.165, 1.54) is 37.7 Å². The highest BCUT2D eigenvalue weighted by Crippen LogP contribution is 2.42. The van der Waals surface area contributed by atoms with E-state index in [0.29, 0.717) is 6.04 Å². The zero-order valence-electron chi connectivity index (χ0n) is 12.3. The molecular weight excluding hydrogens is 230 g/mol. The van der Waals surface area contributed by atoms with Crippen LogP contribution in [0.25, 0.3) is 0 Å². The third kappa shape index (κ3) is 3.20. The molecule has 2 fully saturated rings. The third-order valence-corrected chi connectivity index (χ3v) is 5.27. The van der Waals surface area contributed by atoms with Gasteiger partial charge in [-0.25, -0.2) is 0 Å². The van der Waals surface area contributed by atoms with Gasteiger partial charge in [-0.1, -0.05) is 44.2 Å². The first-order chi connectivity index (χ1) is 9.24. The van der Waals surface area contributed by atoms with Crippen LogP contribution in [0.4, 0.5) is 0 Å². The van der Waals surface area contributed by atoms with Gasteiger partial charge in [-0.15, -0.1) is 0 Å². The number of hydrogen-bond acceptors (Lipinski definition) is 1. The van der Waals surface area contributed by atoms with Gasteiger partial charge >= 0.3 is 0 Å². The van der Waals surface area contributed by atoms with Crippen molar-refractivity contribution in [1.82, 2.24) is 5.32 Å². The molecule has 1 aromatic rings. The number of benzene rings is 1. The van der Waals surface area contributed by atoms with Gasteiger partial charge in [-0.05, 0) is 55.4 Å². The third-order valence-electron chi connectivity index (χ3n) is 5.27. The summed E-state index contributed by atoms with van der Waals surface area (Å²) < 4.78 is 0. The van der Waals surface area contributed by atoms with Crippen LogP contribution in [0.1, 0.15) is 57.6 Å². The van der Waals surface area contributed by atoms with Crippen LogP contribution in [0.15, 0.2) is 30.3 Å². The average molecular weight is 257 g/mol. The molecule has 104 valence electrons. The number of hydrogen-bond donors (Lipinski definition) is 1. The van der Waals surface area contributed by atoms with Crippen molar-refractivity contribution >= 4 is 0 Å². The van der Waals surface area contributed by atoms with E-state index >= 15 is 0 Å². The quantitative estimate of drug-likeness (QED) is 0.834. The van der Waals surface area contributed by atoms with Crippen molar-refractivity contribution < 1.29 is 0 Å². The van der Waals surface area contributed by atoms with E-state index in [9.17, 15) is 0 Å². The molecule has 1 heteroatoms. The van der Waals surface area contributed by atoms with Gasteiger partial charge in [0.05, 0.1) is 0 Å². The summed E-state index contributed by atoms with van der Waals surface area (Å²) in [7, 11) is 0. The lowest BCUT2D eigenvalue weighted by Gasteiger charge is -2.35. The maximum atomic E-state index is 3.99. The van der Waals surface area contributed by atoms with Crippen LogP contribution in [0.5, 0.6) is 0 Å². The van der Waals surface area contributed by atoms with E-state index in [4.69, 9.17) is 0 Å². The Morgan fingerprint density at radius 1 is 0.947 bits per heavy atom. The number of rotatable bonds is 4. The molecule has 1 aromatic carbocycles. The van der Waals surface area contributed by atoms with Gasteiger partial charge in [0, 0.05) is 12.1 Å². The van der Waals surface area contributed by atoms with Gasteiger partial charge in [0.15, 0.2) is 0 Å². The normalized spacial score (nSPS) is 33.1. The van der Waals surface area contributed by atoms with E-state index in [0.717, 1.165) is 23.8 Å². The highest BCUT2D eigenvalue weighted by molar-refractivity contribution is 5.21. The molecule has 0 aliphatic heterocycles. The fourth-order valence-corrected chi connectivity index (χ4v) is 3.55. The largest absolute Gasteiger partial charge is 0.307 e. The minimum absolute atomic E-state index is 0.604. The molecule has 2 aliphatic rings. The summed E-state index contributed by atoms with van der Waals surface area (Å²) in [5, 5.41) is 3.99. The molecule has 0 amide bonds. The topological polar surface area (TPSA) is 12.0 Å². The average Bonchev–Trinajstić information content (AvgIpc) is 3.25. The van der Waals surface area contributed by atoms with Crippen molar-refractivity contribution in [3.63, 3.8) is 0 Å². The van der Waals surface area contributed by atoms with Crippen molar-refractivity contribution in [3.05, 3.63) is 35.9 Å². The van der Waals surface area contributed by atoms with Gasteiger partial charge in [0.2, 0.25) is 0 Å². The molecular formula is C18H27N. The number of nitrogens with one attached hydrogen (secondary N) is 1. The smallest absolute Gasteiger partial charge is 0.0351 e. The van der Waals surface area contributed by atoms with E-state index in [2.05, 4.69) is 49.5 Å². The van der Waals surface area contributed by atoms with Crippen LogP contribution in [0, 0.1) is 17.8 Å². The van der Waals surface area contributed by atoms with E-state index in [-0.39, 0.29) is 0 Å². The van der Waals surface area contributed by atoms with Crippen LogP contribution < -0.4 is 5.32 Å². The van der Waals surface area contributed by atoms with Crippen molar-refractivity contribution in [2.75, 3.05) is 0 Å². The fraction of sp³-hybridized carbons (Fsp3) is 0.667. The first-order valence-electron chi connectivity index (χ1n) is 8.05. The minimum Gasteiger partial charge on any atom is -0.307 e. The van der Waals surface area contributed by atoms with Gasteiger partial charge < -0.3 is 5.32 Å². The van der Waals surface area contributed by atoms with Crippen molar-refractivity contribution in [1.29, 1.82) is 0 Å². The Bertz CT molecular complexity index is 395. The summed E-state index contributed by atoms with van der Waals surface area (Å²) in [5.74, 6) is 2.67. The second-order valence-electron chi connectivity index (χ2n) is 6.86. The zero-order chi connectivity index (χ0) is 13.2. The molecule has 1 nitrogen and oxygen atoms in total. The van der Waals surface area contributed by atoms with Crippen LogP contribution in [0.3, 0.4) is 0 Å². The molecule has 4 atom stereocenters. The lowest BCUT2D eigenvalue weighted by Crippen LogP contribution is -2.39. The van der Waals surface area contributed by atoms with Crippen molar-refractivity contribution in [2.24, 2.45) is 17.8 Å². The van der Waals surface area contributed by atoms with E-state index < -0.39 is 0 Å². The lowest BCUT2D eigenvalue weighted by atomic mass is 9.78. The van der Waals surface area contributed by atoms with E-state index in [1.54, 1.807) is 0 Å². The molecule has 0 saturated heterocycles. The molecule has 0 heterocycles. The molecule has 0 bridgehead atoms. The summed E-state index contributed by atoms with van der Waals surface area (Å²) in [6, 6.07) is 12.4. The zero-order valence-corrected chi connectivity index (χ0v) is 12.3. The standard InChI is InChI=1S/C18H27N/c1-13-8-11-17(12-14(13)2)19-18(16-9-10-16)15-6-4-3-5-7-15/h3-7,13-14,16-19H,8-12H2,1-2H3. The van der Waals surface area contributed by atoms with Gasteiger partial charge in [-0.3, -0.25) is 0 Å². The molecule has 19 heavy (non-hydrogen) atoms. The SMILES string of the molecule is CC1CCC(NC(c2ccccc2)C2CC2)CC1C. The second-order valence-corrected chi connectivity index (χ2v) is 6.86.